The summed E-state index contributed by atoms with van der Waals surface area (Å²) >= 11 is 0. The Kier molecular flexibility index (Phi) is 6.98. The maximum atomic E-state index is 13.7. The van der Waals surface area contributed by atoms with Gasteiger partial charge >= 0.3 is 6.36 Å². The standard InChI is InChI=1S/C28H25F3N2O5/c1-2-3-17-36-21-15-11-19(12-16-21)32-26(34)23-24(18-9-13-22(14-10-18)37-28(29,30)31)33(38-25(23)27(32)35)20-7-5-4-6-8-20/h4-16,23-25H,2-3,17H2,1H3/t23-,24+,25+/m0/s1. The lowest BCUT2D eigenvalue weighted by atomic mass is 9.90. The minimum absolute atomic E-state index is 0.389. The van der Waals surface area contributed by atoms with E-state index in [1.165, 1.54) is 29.3 Å². The minimum Gasteiger partial charge on any atom is -0.494 e. The van der Waals surface area contributed by atoms with Crippen molar-refractivity contribution in [3.8, 4) is 11.5 Å². The zero-order valence-corrected chi connectivity index (χ0v) is 20.4. The molecule has 0 unspecified atom stereocenters. The highest BCUT2D eigenvalue weighted by atomic mass is 19.4. The Morgan fingerprint density at radius 3 is 2.13 bits per heavy atom. The summed E-state index contributed by atoms with van der Waals surface area (Å²) in [5, 5.41) is 1.48. The number of amides is 2. The molecule has 3 aromatic carbocycles. The molecule has 2 aliphatic heterocycles. The van der Waals surface area contributed by atoms with Crippen LogP contribution in [0.15, 0.2) is 78.9 Å². The number of hydroxylamine groups is 1. The molecule has 7 nitrogen and oxygen atoms in total. The molecular formula is C28H25F3N2O5. The molecule has 0 bridgehead atoms. The van der Waals surface area contributed by atoms with Crippen LogP contribution in [0, 0.1) is 5.92 Å². The molecule has 0 spiro atoms. The second-order valence-electron chi connectivity index (χ2n) is 8.98. The number of carbonyl (C=O) groups excluding carboxylic acids is 2. The van der Waals surface area contributed by atoms with Crippen molar-refractivity contribution in [2.45, 2.75) is 38.3 Å². The zero-order valence-electron chi connectivity index (χ0n) is 20.4. The maximum Gasteiger partial charge on any atom is 0.573 e. The number of rotatable bonds is 8. The molecule has 2 amide bonds. The highest BCUT2D eigenvalue weighted by Crippen LogP contribution is 2.48. The molecule has 2 saturated heterocycles. The molecule has 0 radical (unpaired) electrons. The first-order valence-electron chi connectivity index (χ1n) is 12.2. The van der Waals surface area contributed by atoms with Crippen molar-refractivity contribution in [2.75, 3.05) is 16.6 Å². The summed E-state index contributed by atoms with van der Waals surface area (Å²) < 4.78 is 47.6. The van der Waals surface area contributed by atoms with Gasteiger partial charge in [0.2, 0.25) is 5.91 Å². The summed E-state index contributed by atoms with van der Waals surface area (Å²) in [4.78, 5) is 34.3. The average molecular weight is 527 g/mol. The molecule has 10 heteroatoms. The van der Waals surface area contributed by atoms with Crippen LogP contribution in [-0.2, 0) is 14.4 Å². The lowest BCUT2D eigenvalue weighted by Gasteiger charge is -2.29. The van der Waals surface area contributed by atoms with E-state index in [1.54, 1.807) is 48.5 Å². The van der Waals surface area contributed by atoms with Crippen LogP contribution in [0.2, 0.25) is 0 Å². The van der Waals surface area contributed by atoms with E-state index in [0.29, 0.717) is 29.3 Å². The van der Waals surface area contributed by atoms with E-state index in [1.807, 2.05) is 6.07 Å². The van der Waals surface area contributed by atoms with Crippen LogP contribution in [0.4, 0.5) is 24.5 Å². The van der Waals surface area contributed by atoms with Crippen molar-refractivity contribution >= 4 is 23.2 Å². The van der Waals surface area contributed by atoms with Crippen LogP contribution >= 0.6 is 0 Å². The molecule has 2 aliphatic rings. The van der Waals surface area contributed by atoms with Crippen LogP contribution in [0.25, 0.3) is 0 Å². The number of hydrogen-bond acceptors (Lipinski definition) is 6. The number of fused-ring (bicyclic) bond motifs is 1. The number of anilines is 2. The Morgan fingerprint density at radius 1 is 0.842 bits per heavy atom. The first-order valence-corrected chi connectivity index (χ1v) is 12.2. The zero-order chi connectivity index (χ0) is 26.9. The lowest BCUT2D eigenvalue weighted by molar-refractivity contribution is -0.274. The van der Waals surface area contributed by atoms with Crippen molar-refractivity contribution < 1.29 is 37.1 Å². The van der Waals surface area contributed by atoms with Gasteiger partial charge < -0.3 is 9.47 Å². The van der Waals surface area contributed by atoms with Crippen molar-refractivity contribution in [3.05, 3.63) is 84.4 Å². The fourth-order valence-corrected chi connectivity index (χ4v) is 4.70. The second-order valence-corrected chi connectivity index (χ2v) is 8.98. The first kappa shape index (κ1) is 25.6. The average Bonchev–Trinajstić information content (AvgIpc) is 3.41. The number of para-hydroxylation sites is 1. The Morgan fingerprint density at radius 2 is 1.50 bits per heavy atom. The lowest BCUT2D eigenvalue weighted by Crippen LogP contribution is -2.37. The van der Waals surface area contributed by atoms with Crippen molar-refractivity contribution in [1.82, 2.24) is 0 Å². The smallest absolute Gasteiger partial charge is 0.494 e. The maximum absolute atomic E-state index is 13.7. The highest BCUT2D eigenvalue weighted by molar-refractivity contribution is 6.23. The summed E-state index contributed by atoms with van der Waals surface area (Å²) in [6, 6.07) is 20.1. The number of nitrogens with zero attached hydrogens (tertiary/aromatic N) is 2. The van der Waals surface area contributed by atoms with E-state index in [0.717, 1.165) is 17.7 Å². The molecule has 0 aromatic heterocycles. The molecule has 198 valence electrons. The van der Waals surface area contributed by atoms with Gasteiger partial charge in [0, 0.05) is 0 Å². The molecule has 5 rings (SSSR count). The van der Waals surface area contributed by atoms with Gasteiger partial charge in [-0.1, -0.05) is 43.7 Å². The second kappa shape index (κ2) is 10.4. The van der Waals surface area contributed by atoms with E-state index in [2.05, 4.69) is 11.7 Å². The van der Waals surface area contributed by atoms with Gasteiger partial charge in [-0.05, 0) is 60.5 Å². The van der Waals surface area contributed by atoms with E-state index >= 15 is 0 Å². The van der Waals surface area contributed by atoms with Gasteiger partial charge in [0.1, 0.15) is 17.4 Å². The fourth-order valence-electron chi connectivity index (χ4n) is 4.70. The fraction of sp³-hybridized carbons (Fsp3) is 0.286. The van der Waals surface area contributed by atoms with Crippen molar-refractivity contribution in [1.29, 1.82) is 0 Å². The van der Waals surface area contributed by atoms with E-state index in [9.17, 15) is 22.8 Å². The molecule has 0 N–H and O–H groups in total. The molecule has 2 fully saturated rings. The largest absolute Gasteiger partial charge is 0.573 e. The van der Waals surface area contributed by atoms with E-state index in [4.69, 9.17) is 9.57 Å². The molecule has 0 saturated carbocycles. The number of imide groups is 1. The van der Waals surface area contributed by atoms with Crippen LogP contribution in [0.3, 0.4) is 0 Å². The highest BCUT2D eigenvalue weighted by Gasteiger charge is 2.60. The molecule has 3 aromatic rings. The number of unbranched alkanes of at least 4 members (excludes halogenated alkanes) is 1. The Bertz CT molecular complexity index is 1280. The number of halogens is 3. The number of ether oxygens (including phenoxy) is 2. The van der Waals surface area contributed by atoms with Crippen molar-refractivity contribution in [2.24, 2.45) is 5.92 Å². The number of alkyl halides is 3. The monoisotopic (exact) mass is 526 g/mol. The van der Waals surface area contributed by atoms with Gasteiger partial charge in [-0.3, -0.25) is 14.4 Å². The Hall–Kier alpha value is -4.05. The first-order chi connectivity index (χ1) is 18.3. The van der Waals surface area contributed by atoms with Crippen LogP contribution < -0.4 is 19.4 Å². The van der Waals surface area contributed by atoms with Gasteiger partial charge in [0.05, 0.1) is 24.0 Å². The minimum atomic E-state index is -4.83. The normalized spacial score (nSPS) is 21.1. The molecular weight excluding hydrogens is 501 g/mol. The predicted octanol–water partition coefficient (Wildman–Crippen LogP) is 5.82. The van der Waals surface area contributed by atoms with E-state index < -0.39 is 36.2 Å². The molecule has 2 heterocycles. The number of carbonyl (C=O) groups is 2. The van der Waals surface area contributed by atoms with Crippen molar-refractivity contribution in [3.63, 3.8) is 0 Å². The number of hydrogen-bond donors (Lipinski definition) is 0. The van der Waals surface area contributed by atoms with Gasteiger partial charge in [-0.25, -0.2) is 9.96 Å². The van der Waals surface area contributed by atoms with Gasteiger partial charge in [-0.2, -0.15) is 0 Å². The Labute approximate surface area is 217 Å². The molecule has 38 heavy (non-hydrogen) atoms. The molecule has 0 aliphatic carbocycles. The van der Waals surface area contributed by atoms with Crippen LogP contribution in [0.1, 0.15) is 31.4 Å². The van der Waals surface area contributed by atoms with Crippen LogP contribution in [-0.4, -0.2) is 30.9 Å². The van der Waals surface area contributed by atoms with Gasteiger partial charge in [-0.15, -0.1) is 13.2 Å². The van der Waals surface area contributed by atoms with Crippen LogP contribution in [0.5, 0.6) is 11.5 Å². The summed E-state index contributed by atoms with van der Waals surface area (Å²) in [7, 11) is 0. The topological polar surface area (TPSA) is 68.3 Å². The number of benzene rings is 3. The molecule has 3 atom stereocenters. The third-order valence-electron chi connectivity index (χ3n) is 6.44. The quantitative estimate of drug-likeness (QED) is 0.272. The third kappa shape index (κ3) is 5.04. The summed E-state index contributed by atoms with van der Waals surface area (Å²) in [6.45, 7) is 2.63. The van der Waals surface area contributed by atoms with Gasteiger partial charge in [0.15, 0.2) is 6.10 Å². The third-order valence-corrected chi connectivity index (χ3v) is 6.44. The van der Waals surface area contributed by atoms with E-state index in [-0.39, 0.29) is 5.75 Å². The summed E-state index contributed by atoms with van der Waals surface area (Å²) in [5.41, 5.74) is 1.49. The summed E-state index contributed by atoms with van der Waals surface area (Å²) in [6.07, 6.45) is -4.02. The van der Waals surface area contributed by atoms with Gasteiger partial charge in [0.25, 0.3) is 5.91 Å². The Balaban J connectivity index is 1.45. The SMILES string of the molecule is CCCCOc1ccc(N2C(=O)[C@H]3[C@@H](c4ccc(OC(F)(F)F)cc4)N(c4ccccc4)O[C@H]3C2=O)cc1. The summed E-state index contributed by atoms with van der Waals surface area (Å²) in [5.74, 6) is -1.65. The predicted molar refractivity (Wildman–Crippen MR) is 132 cm³/mol.